The molecule has 0 aromatic heterocycles. The molecule has 7 heteroatoms. The molecular formula is C12H18O6Ti. The van der Waals surface area contributed by atoms with E-state index in [2.05, 4.69) is 0 Å². The quantitative estimate of drug-likeness (QED) is 0.377. The van der Waals surface area contributed by atoms with Crippen LogP contribution in [-0.2, 0) is 47.8 Å². The molecule has 0 rings (SSSR count). The monoisotopic (exact) mass is 306 g/mol. The number of hydrogen-bond donors (Lipinski definition) is 0. The van der Waals surface area contributed by atoms with E-state index >= 15 is 0 Å². The molecule has 0 fully saturated rings. The fourth-order valence-electron chi connectivity index (χ4n) is 1.32. The molecule has 0 spiro atoms. The summed E-state index contributed by atoms with van der Waals surface area (Å²) < 4.78 is 7.61. The number of esters is 2. The van der Waals surface area contributed by atoms with Gasteiger partial charge >= 0.3 is 121 Å². The van der Waals surface area contributed by atoms with Crippen LogP contribution in [-0.4, -0.2) is 36.7 Å². The number of carbonyl (C=O) groups excluding carboxylic acids is 4. The Labute approximate surface area is 121 Å². The average molecular weight is 306 g/mol. The molecule has 0 aliphatic heterocycles. The molecule has 0 aromatic rings. The van der Waals surface area contributed by atoms with E-state index in [9.17, 15) is 19.2 Å². The van der Waals surface area contributed by atoms with E-state index < -0.39 is 39.5 Å². The summed E-state index contributed by atoms with van der Waals surface area (Å²) in [6.45, 7) is 6.07. The Morgan fingerprint density at radius 3 is 1.37 bits per heavy atom. The van der Waals surface area contributed by atoms with Gasteiger partial charge in [-0.2, -0.15) is 0 Å². The Balaban J connectivity index is 4.95. The second-order valence-electron chi connectivity index (χ2n) is 3.76. The number of Topliss-reactive ketones (excluding diaryl/α,β-unsaturated/α-hetero) is 2. The summed E-state index contributed by atoms with van der Waals surface area (Å²) in [6, 6.07) is 0. The van der Waals surface area contributed by atoms with Gasteiger partial charge in [0.2, 0.25) is 0 Å². The fourth-order valence-corrected chi connectivity index (χ4v) is 3.26. The zero-order valence-electron chi connectivity index (χ0n) is 11.5. The summed E-state index contributed by atoms with van der Waals surface area (Å²) >= 11 is -1.50. The molecule has 2 unspecified atom stereocenters. The Morgan fingerprint density at radius 2 is 1.16 bits per heavy atom. The first kappa shape index (κ1) is 18.0. The summed E-state index contributed by atoms with van der Waals surface area (Å²) in [4.78, 5) is 46.2. The van der Waals surface area contributed by atoms with Gasteiger partial charge in [-0.15, -0.1) is 0 Å². The number of rotatable bonds is 8. The molecule has 0 amide bonds. The zero-order chi connectivity index (χ0) is 15.0. The van der Waals surface area contributed by atoms with Gasteiger partial charge in [-0.1, -0.05) is 0 Å². The number of ketones is 2. The Morgan fingerprint density at radius 1 is 0.842 bits per heavy atom. The SMILES string of the molecule is CCOC(=O)[CH]([Ti][CH](C(C)=O)C(=O)OCC)C(C)=O. The van der Waals surface area contributed by atoms with Crippen molar-refractivity contribution >= 4 is 23.5 Å². The Bertz CT molecular complexity index is 331. The van der Waals surface area contributed by atoms with Gasteiger partial charge in [0, 0.05) is 0 Å². The molecule has 0 bridgehead atoms. The fraction of sp³-hybridized carbons (Fsp3) is 0.667. The van der Waals surface area contributed by atoms with Crippen molar-refractivity contribution in [3.8, 4) is 0 Å². The average Bonchev–Trinajstić information content (AvgIpc) is 2.29. The van der Waals surface area contributed by atoms with E-state index in [4.69, 9.17) is 9.47 Å². The first-order valence-corrected chi connectivity index (χ1v) is 7.75. The molecule has 0 N–H and O–H groups in total. The van der Waals surface area contributed by atoms with Crippen molar-refractivity contribution in [2.75, 3.05) is 13.2 Å². The van der Waals surface area contributed by atoms with E-state index in [1.54, 1.807) is 13.8 Å². The molecule has 19 heavy (non-hydrogen) atoms. The van der Waals surface area contributed by atoms with Crippen LogP contribution in [0.5, 0.6) is 0 Å². The second kappa shape index (κ2) is 8.99. The van der Waals surface area contributed by atoms with Crippen LogP contribution in [0.2, 0.25) is 8.45 Å². The van der Waals surface area contributed by atoms with Gasteiger partial charge in [0.1, 0.15) is 0 Å². The Hall–Kier alpha value is -1.01. The van der Waals surface area contributed by atoms with Crippen LogP contribution in [0.4, 0.5) is 0 Å². The third kappa shape index (κ3) is 6.12. The minimum absolute atomic E-state index is 0.152. The normalized spacial score (nSPS) is 13.1. The van der Waals surface area contributed by atoms with E-state index in [1.165, 1.54) is 13.8 Å². The first-order chi connectivity index (χ1) is 8.84. The van der Waals surface area contributed by atoms with Crippen molar-refractivity contribution in [2.45, 2.75) is 36.1 Å². The summed E-state index contributed by atoms with van der Waals surface area (Å²) in [5.74, 6) is -2.08. The molecule has 0 aliphatic rings. The number of hydrogen-bond acceptors (Lipinski definition) is 6. The number of carbonyl (C=O) groups is 4. The van der Waals surface area contributed by atoms with E-state index in [0.717, 1.165) is 0 Å². The molecule has 6 nitrogen and oxygen atoms in total. The standard InChI is InChI=1S/2C6H9O3.Ti/c2*1-3-9-6(8)4-5(2)7;/h2*4H,3H2,1-2H3;. The van der Waals surface area contributed by atoms with Gasteiger partial charge in [-0.25, -0.2) is 0 Å². The summed E-state index contributed by atoms with van der Waals surface area (Å²) in [6.07, 6.45) is 0. The van der Waals surface area contributed by atoms with Crippen molar-refractivity contribution in [1.82, 2.24) is 0 Å². The van der Waals surface area contributed by atoms with Gasteiger partial charge in [-0.05, 0) is 0 Å². The molecule has 0 radical (unpaired) electrons. The van der Waals surface area contributed by atoms with Crippen molar-refractivity contribution < 1.29 is 47.8 Å². The van der Waals surface area contributed by atoms with Gasteiger partial charge in [0.25, 0.3) is 0 Å². The Kier molecular flexibility index (Phi) is 8.51. The van der Waals surface area contributed by atoms with Crippen molar-refractivity contribution in [3.05, 3.63) is 0 Å². The van der Waals surface area contributed by atoms with Crippen LogP contribution in [0.3, 0.4) is 0 Å². The van der Waals surface area contributed by atoms with Crippen molar-refractivity contribution in [1.29, 1.82) is 0 Å². The molecule has 106 valence electrons. The summed E-state index contributed by atoms with van der Waals surface area (Å²) in [5.41, 5.74) is 0. The minimum atomic E-state index is -1.50. The third-order valence-corrected chi connectivity index (χ3v) is 5.24. The molecular weight excluding hydrogens is 288 g/mol. The summed E-state index contributed by atoms with van der Waals surface area (Å²) in [5, 5.41) is 0. The zero-order valence-corrected chi connectivity index (χ0v) is 13.1. The third-order valence-electron chi connectivity index (χ3n) is 2.19. The van der Waals surface area contributed by atoms with Gasteiger partial charge in [0.05, 0.1) is 0 Å². The van der Waals surface area contributed by atoms with Gasteiger partial charge < -0.3 is 0 Å². The van der Waals surface area contributed by atoms with Gasteiger partial charge in [0.15, 0.2) is 0 Å². The maximum atomic E-state index is 11.6. The molecule has 0 aromatic carbocycles. The van der Waals surface area contributed by atoms with Crippen LogP contribution in [0, 0.1) is 0 Å². The van der Waals surface area contributed by atoms with Crippen LogP contribution in [0.1, 0.15) is 27.7 Å². The summed E-state index contributed by atoms with van der Waals surface area (Å²) in [7, 11) is 0. The van der Waals surface area contributed by atoms with Crippen molar-refractivity contribution in [3.63, 3.8) is 0 Å². The number of ether oxygens (including phenoxy) is 2. The molecule has 0 saturated heterocycles. The maximum absolute atomic E-state index is 11.6. The molecule has 0 heterocycles. The molecule has 2 atom stereocenters. The first-order valence-electron chi connectivity index (χ1n) is 5.95. The molecule has 0 saturated carbocycles. The van der Waals surface area contributed by atoms with Crippen molar-refractivity contribution in [2.24, 2.45) is 0 Å². The van der Waals surface area contributed by atoms with Crippen LogP contribution in [0.25, 0.3) is 0 Å². The van der Waals surface area contributed by atoms with Crippen LogP contribution < -0.4 is 0 Å². The second-order valence-corrected chi connectivity index (χ2v) is 6.08. The van der Waals surface area contributed by atoms with Gasteiger partial charge in [-0.3, -0.25) is 0 Å². The predicted octanol–water partition coefficient (Wildman–Crippen LogP) is 0.950. The van der Waals surface area contributed by atoms with Crippen LogP contribution >= 0.6 is 0 Å². The predicted molar refractivity (Wildman–Crippen MR) is 62.1 cm³/mol. The van der Waals surface area contributed by atoms with E-state index in [1.807, 2.05) is 0 Å². The van der Waals surface area contributed by atoms with E-state index in [-0.39, 0.29) is 24.8 Å². The molecule has 0 aliphatic carbocycles. The topological polar surface area (TPSA) is 86.7 Å². The van der Waals surface area contributed by atoms with Crippen LogP contribution in [0.15, 0.2) is 0 Å². The van der Waals surface area contributed by atoms with E-state index in [0.29, 0.717) is 0 Å².